The van der Waals surface area contributed by atoms with E-state index >= 15 is 0 Å². The van der Waals surface area contributed by atoms with Gasteiger partial charge in [-0.3, -0.25) is 4.79 Å². The Morgan fingerprint density at radius 3 is 2.81 bits per heavy atom. The van der Waals surface area contributed by atoms with Gasteiger partial charge in [-0.05, 0) is 13.0 Å². The maximum atomic E-state index is 11.3. The minimum atomic E-state index is -0.430. The van der Waals surface area contributed by atoms with Crippen molar-refractivity contribution < 1.29 is 9.53 Å². The highest BCUT2D eigenvalue weighted by Gasteiger charge is 2.04. The van der Waals surface area contributed by atoms with Gasteiger partial charge in [0.2, 0.25) is 0 Å². The van der Waals surface area contributed by atoms with Crippen LogP contribution in [-0.2, 0) is 11.3 Å². The zero-order valence-electron chi connectivity index (χ0n) is 9.64. The van der Waals surface area contributed by atoms with E-state index in [1.807, 2.05) is 0 Å². The van der Waals surface area contributed by atoms with Crippen molar-refractivity contribution in [1.82, 2.24) is 14.7 Å². The molecule has 1 aromatic heterocycles. The summed E-state index contributed by atoms with van der Waals surface area (Å²) in [6, 6.07) is 3.08. The molecule has 0 fully saturated rings. The average Bonchev–Trinajstić information content (AvgIpc) is 2.22. The van der Waals surface area contributed by atoms with Crippen LogP contribution in [0.4, 0.5) is 4.79 Å². The van der Waals surface area contributed by atoms with Crippen LogP contribution in [0.2, 0.25) is 0 Å². The molecule has 0 N–H and O–H groups in total. The van der Waals surface area contributed by atoms with Gasteiger partial charge in [0.05, 0.1) is 12.2 Å². The third-order valence-corrected chi connectivity index (χ3v) is 1.89. The lowest BCUT2D eigenvalue weighted by Gasteiger charge is -2.11. The van der Waals surface area contributed by atoms with E-state index in [-0.39, 0.29) is 18.7 Å². The molecular weight excluding hydrogens is 210 g/mol. The van der Waals surface area contributed by atoms with Gasteiger partial charge in [0.25, 0.3) is 5.56 Å². The summed E-state index contributed by atoms with van der Waals surface area (Å²) in [7, 11) is 3.19. The van der Waals surface area contributed by atoms with Crippen molar-refractivity contribution >= 4 is 6.09 Å². The van der Waals surface area contributed by atoms with Crippen LogP contribution in [0.1, 0.15) is 5.69 Å². The molecule has 0 aromatic carbocycles. The van der Waals surface area contributed by atoms with Gasteiger partial charge in [0.1, 0.15) is 6.61 Å². The van der Waals surface area contributed by atoms with Gasteiger partial charge >= 0.3 is 6.09 Å². The molecule has 0 saturated heterocycles. The highest BCUT2D eigenvalue weighted by molar-refractivity contribution is 5.66. The lowest BCUT2D eigenvalue weighted by atomic mass is 10.4. The summed E-state index contributed by atoms with van der Waals surface area (Å²) in [5.74, 6) is 0. The lowest BCUT2D eigenvalue weighted by molar-refractivity contribution is 0.113. The molecule has 0 spiro atoms. The lowest BCUT2D eigenvalue weighted by Crippen LogP contribution is -2.28. The number of nitrogens with zero attached hydrogens (tertiary/aromatic N) is 3. The Balaban J connectivity index is 2.52. The zero-order valence-corrected chi connectivity index (χ0v) is 9.64. The fourth-order valence-corrected chi connectivity index (χ4v) is 1.06. The van der Waals surface area contributed by atoms with E-state index < -0.39 is 6.09 Å². The van der Waals surface area contributed by atoms with E-state index in [0.29, 0.717) is 0 Å². The maximum Gasteiger partial charge on any atom is 0.409 e. The fraction of sp³-hybridized carbons (Fsp3) is 0.500. The minimum Gasteiger partial charge on any atom is -0.447 e. The van der Waals surface area contributed by atoms with Crippen LogP contribution in [0.25, 0.3) is 0 Å². The third kappa shape index (κ3) is 3.38. The van der Waals surface area contributed by atoms with Crippen molar-refractivity contribution in [2.24, 2.45) is 0 Å². The van der Waals surface area contributed by atoms with Crippen LogP contribution >= 0.6 is 0 Å². The van der Waals surface area contributed by atoms with Gasteiger partial charge in [-0.2, -0.15) is 5.10 Å². The first-order chi connectivity index (χ1) is 7.50. The Morgan fingerprint density at radius 2 is 2.19 bits per heavy atom. The van der Waals surface area contributed by atoms with E-state index in [2.05, 4.69) is 5.10 Å². The fourth-order valence-electron chi connectivity index (χ4n) is 1.06. The second-order valence-corrected chi connectivity index (χ2v) is 3.54. The van der Waals surface area contributed by atoms with Crippen molar-refractivity contribution in [3.8, 4) is 0 Å². The highest BCUT2D eigenvalue weighted by Crippen LogP contribution is 1.89. The Morgan fingerprint density at radius 1 is 1.50 bits per heavy atom. The molecule has 0 atom stereocenters. The molecule has 6 nitrogen and oxygen atoms in total. The smallest absolute Gasteiger partial charge is 0.409 e. The molecule has 1 amide bonds. The number of aryl methyl sites for hydroxylation is 1. The number of amides is 1. The van der Waals surface area contributed by atoms with Crippen molar-refractivity contribution in [3.63, 3.8) is 0 Å². The first-order valence-electron chi connectivity index (χ1n) is 4.89. The molecule has 6 heteroatoms. The molecule has 1 rings (SSSR count). The summed E-state index contributed by atoms with van der Waals surface area (Å²) < 4.78 is 6.17. The van der Waals surface area contributed by atoms with Gasteiger partial charge in [-0.15, -0.1) is 0 Å². The summed E-state index contributed by atoms with van der Waals surface area (Å²) in [5, 5.41) is 4.01. The van der Waals surface area contributed by atoms with Crippen molar-refractivity contribution in [2.75, 3.05) is 20.7 Å². The quantitative estimate of drug-likeness (QED) is 0.739. The van der Waals surface area contributed by atoms with E-state index in [4.69, 9.17) is 4.74 Å². The van der Waals surface area contributed by atoms with Gasteiger partial charge < -0.3 is 9.64 Å². The Labute approximate surface area is 93.4 Å². The standard InChI is InChI=1S/C10H15N3O3/c1-8-4-5-9(14)13(11-8)6-7-16-10(15)12(2)3/h4-5H,6-7H2,1-3H3. The van der Waals surface area contributed by atoms with Crippen LogP contribution in [0, 0.1) is 6.92 Å². The Bertz CT molecular complexity index is 426. The normalized spacial score (nSPS) is 9.94. The van der Waals surface area contributed by atoms with Crippen molar-refractivity contribution in [1.29, 1.82) is 0 Å². The number of rotatable bonds is 3. The number of hydrogen-bond donors (Lipinski definition) is 0. The topological polar surface area (TPSA) is 64.4 Å². The van der Waals surface area contributed by atoms with Gasteiger partial charge in [0.15, 0.2) is 0 Å². The molecule has 0 unspecified atom stereocenters. The molecule has 88 valence electrons. The first kappa shape index (κ1) is 12.2. The summed E-state index contributed by atoms with van der Waals surface area (Å²) in [6.45, 7) is 2.19. The molecule has 0 saturated carbocycles. The molecule has 0 aliphatic rings. The minimum absolute atomic E-state index is 0.132. The number of ether oxygens (including phenoxy) is 1. The molecule has 1 heterocycles. The summed E-state index contributed by atoms with van der Waals surface area (Å²) in [6.07, 6.45) is -0.430. The SMILES string of the molecule is Cc1ccc(=O)n(CCOC(=O)N(C)C)n1. The summed E-state index contributed by atoms with van der Waals surface area (Å²) in [5.41, 5.74) is 0.546. The van der Waals surface area contributed by atoms with Crippen LogP contribution in [-0.4, -0.2) is 41.5 Å². The van der Waals surface area contributed by atoms with Crippen LogP contribution in [0.15, 0.2) is 16.9 Å². The second-order valence-electron chi connectivity index (χ2n) is 3.54. The molecular formula is C10H15N3O3. The van der Waals surface area contributed by atoms with Crippen LogP contribution in [0.3, 0.4) is 0 Å². The van der Waals surface area contributed by atoms with E-state index in [1.165, 1.54) is 15.6 Å². The van der Waals surface area contributed by atoms with Crippen molar-refractivity contribution in [2.45, 2.75) is 13.5 Å². The molecule has 0 aliphatic heterocycles. The van der Waals surface area contributed by atoms with Crippen LogP contribution in [0.5, 0.6) is 0 Å². The van der Waals surface area contributed by atoms with E-state index in [9.17, 15) is 9.59 Å². The molecule has 1 aromatic rings. The highest BCUT2D eigenvalue weighted by atomic mass is 16.6. The van der Waals surface area contributed by atoms with E-state index in [1.54, 1.807) is 27.1 Å². The molecule has 16 heavy (non-hydrogen) atoms. The Kier molecular flexibility index (Phi) is 4.04. The predicted octanol–water partition coefficient (Wildman–Crippen LogP) is 0.250. The number of carbonyl (C=O) groups excluding carboxylic acids is 1. The number of aromatic nitrogens is 2. The zero-order chi connectivity index (χ0) is 12.1. The molecule has 0 radical (unpaired) electrons. The van der Waals surface area contributed by atoms with Gasteiger partial charge in [0, 0.05) is 20.2 Å². The molecule has 0 aliphatic carbocycles. The largest absolute Gasteiger partial charge is 0.447 e. The summed E-state index contributed by atoms with van der Waals surface area (Å²) >= 11 is 0. The van der Waals surface area contributed by atoms with Crippen molar-refractivity contribution in [3.05, 3.63) is 28.2 Å². The third-order valence-electron chi connectivity index (χ3n) is 1.89. The van der Waals surface area contributed by atoms with Crippen LogP contribution < -0.4 is 5.56 Å². The second kappa shape index (κ2) is 5.29. The first-order valence-corrected chi connectivity index (χ1v) is 4.89. The summed E-state index contributed by atoms with van der Waals surface area (Å²) in [4.78, 5) is 23.7. The van der Waals surface area contributed by atoms with Gasteiger partial charge in [-0.1, -0.05) is 0 Å². The molecule has 0 bridgehead atoms. The number of carbonyl (C=O) groups is 1. The van der Waals surface area contributed by atoms with E-state index in [0.717, 1.165) is 5.69 Å². The Hall–Kier alpha value is -1.85. The average molecular weight is 225 g/mol. The monoisotopic (exact) mass is 225 g/mol. The number of hydrogen-bond acceptors (Lipinski definition) is 4. The predicted molar refractivity (Wildman–Crippen MR) is 58.3 cm³/mol. The maximum absolute atomic E-state index is 11.3. The van der Waals surface area contributed by atoms with Gasteiger partial charge in [-0.25, -0.2) is 9.48 Å².